The molecule has 4 nitrogen and oxygen atoms in total. The molecule has 14 heavy (non-hydrogen) atoms. The molecular formula is C10H20NO3+. The van der Waals surface area contributed by atoms with Gasteiger partial charge >= 0.3 is 11.7 Å². The minimum absolute atomic E-state index is 0.0488. The van der Waals surface area contributed by atoms with E-state index in [1.165, 1.54) is 6.08 Å². The molecule has 0 radical (unpaired) electrons. The second kappa shape index (κ2) is 4.11. The predicted octanol–water partition coefficient (Wildman–Crippen LogP) is 0.678. The van der Waals surface area contributed by atoms with Crippen LogP contribution in [0.5, 0.6) is 0 Å². The molecule has 0 amide bonds. The van der Waals surface area contributed by atoms with Crippen LogP contribution in [0, 0.1) is 5.92 Å². The highest BCUT2D eigenvalue weighted by Crippen LogP contribution is 2.28. The quantitative estimate of drug-likeness (QED) is 0.391. The van der Waals surface area contributed by atoms with Gasteiger partial charge in [-0.05, 0) is 6.42 Å². The summed E-state index contributed by atoms with van der Waals surface area (Å²) in [4.78, 5) is 11.1. The fourth-order valence-corrected chi connectivity index (χ4v) is 1.56. The van der Waals surface area contributed by atoms with Gasteiger partial charge in [-0.15, -0.1) is 6.58 Å². The maximum atomic E-state index is 11.1. The van der Waals surface area contributed by atoms with E-state index in [1.807, 2.05) is 6.92 Å². The lowest BCUT2D eigenvalue weighted by molar-refractivity contribution is -0.943. The molecule has 0 aliphatic rings. The number of aliphatic hydroxyl groups is 1. The van der Waals surface area contributed by atoms with Crippen molar-refractivity contribution in [2.24, 2.45) is 5.92 Å². The molecule has 4 heteroatoms. The van der Waals surface area contributed by atoms with E-state index < -0.39 is 17.6 Å². The van der Waals surface area contributed by atoms with Crippen LogP contribution in [-0.4, -0.2) is 47.5 Å². The molecule has 0 aromatic carbocycles. The van der Waals surface area contributed by atoms with Crippen molar-refractivity contribution in [1.29, 1.82) is 0 Å². The molecule has 2 N–H and O–H groups in total. The average Bonchev–Trinajstić information content (AvgIpc) is 2.03. The normalized spacial score (nSPS) is 18.4. The largest absolute Gasteiger partial charge is 0.475 e. The minimum Gasteiger partial charge on any atom is -0.475 e. The Morgan fingerprint density at radius 1 is 1.57 bits per heavy atom. The van der Waals surface area contributed by atoms with E-state index in [2.05, 4.69) is 6.58 Å². The zero-order chi connectivity index (χ0) is 11.6. The third-order valence-electron chi connectivity index (χ3n) is 2.58. The molecule has 2 unspecified atom stereocenters. The Labute approximate surface area is 85.1 Å². The van der Waals surface area contributed by atoms with E-state index in [0.29, 0.717) is 6.42 Å². The topological polar surface area (TPSA) is 57.5 Å². The van der Waals surface area contributed by atoms with Crippen molar-refractivity contribution in [3.05, 3.63) is 12.7 Å². The van der Waals surface area contributed by atoms with Crippen LogP contribution >= 0.6 is 0 Å². The molecule has 0 saturated carbocycles. The molecule has 0 bridgehead atoms. The maximum Gasteiger partial charge on any atom is 0.396 e. The van der Waals surface area contributed by atoms with Crippen molar-refractivity contribution in [1.82, 2.24) is 0 Å². The minimum atomic E-state index is -1.81. The summed E-state index contributed by atoms with van der Waals surface area (Å²) in [7, 11) is 4.96. The molecule has 0 aliphatic carbocycles. The second-order valence-electron chi connectivity index (χ2n) is 4.29. The Morgan fingerprint density at radius 3 is 2.07 bits per heavy atom. The Kier molecular flexibility index (Phi) is 3.85. The van der Waals surface area contributed by atoms with Crippen molar-refractivity contribution in [2.45, 2.75) is 19.1 Å². The fraction of sp³-hybridized carbons (Fsp3) is 0.700. The van der Waals surface area contributed by atoms with Gasteiger partial charge in [-0.25, -0.2) is 4.79 Å². The summed E-state index contributed by atoms with van der Waals surface area (Å²) in [6.45, 7) is 5.39. The summed E-state index contributed by atoms with van der Waals surface area (Å²) >= 11 is 0. The summed E-state index contributed by atoms with van der Waals surface area (Å²) in [6.07, 6.45) is 2.04. The van der Waals surface area contributed by atoms with Crippen LogP contribution in [0.25, 0.3) is 0 Å². The molecule has 2 atom stereocenters. The summed E-state index contributed by atoms with van der Waals surface area (Å²) in [5, 5.41) is 19.3. The summed E-state index contributed by atoms with van der Waals surface area (Å²) in [6, 6.07) is 0. The third kappa shape index (κ3) is 1.96. The van der Waals surface area contributed by atoms with Gasteiger partial charge in [-0.2, -0.15) is 0 Å². The number of hydrogen-bond acceptors (Lipinski definition) is 2. The zero-order valence-corrected chi connectivity index (χ0v) is 9.32. The molecule has 0 heterocycles. The van der Waals surface area contributed by atoms with Crippen molar-refractivity contribution in [3.63, 3.8) is 0 Å². The number of rotatable bonds is 5. The summed E-state index contributed by atoms with van der Waals surface area (Å²) < 4.78 is -0.0488. The number of aliphatic carboxylic acids is 1. The first-order chi connectivity index (χ1) is 6.21. The maximum absolute atomic E-state index is 11.1. The van der Waals surface area contributed by atoms with Gasteiger partial charge in [-0.3, -0.25) is 4.48 Å². The van der Waals surface area contributed by atoms with Crippen LogP contribution in [0.1, 0.15) is 13.3 Å². The van der Waals surface area contributed by atoms with E-state index in [0.717, 1.165) is 0 Å². The van der Waals surface area contributed by atoms with Crippen molar-refractivity contribution >= 4 is 5.97 Å². The molecule has 82 valence electrons. The molecular weight excluding hydrogens is 182 g/mol. The molecule has 0 rings (SSSR count). The lowest BCUT2D eigenvalue weighted by atomic mass is 9.90. The Hall–Kier alpha value is -0.870. The van der Waals surface area contributed by atoms with Gasteiger partial charge in [-0.1, -0.05) is 13.0 Å². The van der Waals surface area contributed by atoms with Crippen LogP contribution in [0.3, 0.4) is 0 Å². The number of carboxylic acid groups (broad SMARTS) is 1. The van der Waals surface area contributed by atoms with Gasteiger partial charge in [0.25, 0.3) is 0 Å². The smallest absolute Gasteiger partial charge is 0.396 e. The van der Waals surface area contributed by atoms with Crippen LogP contribution in [0.4, 0.5) is 0 Å². The number of likely N-dealkylation sites (N-methyl/N-ethyl adjacent to an activating group) is 1. The highest BCUT2D eigenvalue weighted by Gasteiger charge is 2.53. The first-order valence-electron chi connectivity index (χ1n) is 4.61. The van der Waals surface area contributed by atoms with Crippen molar-refractivity contribution < 1.29 is 19.5 Å². The van der Waals surface area contributed by atoms with E-state index in [1.54, 1.807) is 21.1 Å². The third-order valence-corrected chi connectivity index (χ3v) is 2.58. The lowest BCUT2D eigenvalue weighted by Crippen LogP contribution is -2.65. The van der Waals surface area contributed by atoms with E-state index in [9.17, 15) is 9.90 Å². The molecule has 0 fully saturated rings. The van der Waals surface area contributed by atoms with Crippen LogP contribution < -0.4 is 0 Å². The average molecular weight is 202 g/mol. The first kappa shape index (κ1) is 13.1. The summed E-state index contributed by atoms with van der Waals surface area (Å²) in [5.41, 5.74) is -1.81. The Bertz CT molecular complexity index is 232. The molecule has 0 aromatic rings. The zero-order valence-electron chi connectivity index (χ0n) is 9.32. The highest BCUT2D eigenvalue weighted by atomic mass is 16.4. The second-order valence-corrected chi connectivity index (χ2v) is 4.29. The standard InChI is InChI=1S/C10H19NO3/c1-6-8(7-2)10(14,9(12)13)11(3,4)5/h6,8,14H,1,7H2,2-5H3/p+1. The monoisotopic (exact) mass is 202 g/mol. The van der Waals surface area contributed by atoms with E-state index in [4.69, 9.17) is 5.11 Å². The predicted molar refractivity (Wildman–Crippen MR) is 54.6 cm³/mol. The van der Waals surface area contributed by atoms with Crippen LogP contribution in [0.15, 0.2) is 12.7 Å². The Morgan fingerprint density at radius 2 is 2.00 bits per heavy atom. The number of carbonyl (C=O) groups is 1. The first-order valence-corrected chi connectivity index (χ1v) is 4.61. The highest BCUT2D eigenvalue weighted by molar-refractivity contribution is 5.75. The molecule has 0 aromatic heterocycles. The number of nitrogens with zero attached hydrogens (tertiary/aromatic N) is 1. The van der Waals surface area contributed by atoms with E-state index in [-0.39, 0.29) is 4.48 Å². The van der Waals surface area contributed by atoms with Gasteiger partial charge in [0.2, 0.25) is 0 Å². The molecule has 0 aliphatic heterocycles. The lowest BCUT2D eigenvalue weighted by Gasteiger charge is -2.41. The Balaban J connectivity index is 5.29. The van der Waals surface area contributed by atoms with Crippen molar-refractivity contribution in [2.75, 3.05) is 21.1 Å². The number of quaternary nitrogens is 1. The number of hydrogen-bond donors (Lipinski definition) is 2. The van der Waals surface area contributed by atoms with Crippen molar-refractivity contribution in [3.8, 4) is 0 Å². The molecule has 0 spiro atoms. The van der Waals surface area contributed by atoms with Crippen LogP contribution in [0.2, 0.25) is 0 Å². The SMILES string of the molecule is C=CC(CC)C(O)(C(=O)O)[N+](C)(C)C. The van der Waals surface area contributed by atoms with E-state index >= 15 is 0 Å². The van der Waals surface area contributed by atoms with Gasteiger partial charge in [0.15, 0.2) is 0 Å². The summed E-state index contributed by atoms with van der Waals surface area (Å²) in [5.74, 6) is -1.67. The van der Waals surface area contributed by atoms with Gasteiger partial charge in [0.1, 0.15) is 0 Å². The fourth-order valence-electron chi connectivity index (χ4n) is 1.56. The number of carboxylic acids is 1. The van der Waals surface area contributed by atoms with Gasteiger partial charge < -0.3 is 10.2 Å². The van der Waals surface area contributed by atoms with Gasteiger partial charge in [0, 0.05) is 0 Å². The molecule has 0 saturated heterocycles. The van der Waals surface area contributed by atoms with Crippen LogP contribution in [-0.2, 0) is 4.79 Å². The van der Waals surface area contributed by atoms with Gasteiger partial charge in [0.05, 0.1) is 27.1 Å².